The minimum absolute atomic E-state index is 0.215. The van der Waals surface area contributed by atoms with Crippen LogP contribution in [-0.4, -0.2) is 34.1 Å². The minimum Gasteiger partial charge on any atom is -0.396 e. The molecule has 3 nitrogen and oxygen atoms in total. The van der Waals surface area contributed by atoms with E-state index in [0.717, 1.165) is 44.9 Å². The molecule has 0 aromatic heterocycles. The van der Waals surface area contributed by atoms with Gasteiger partial charge in [0.15, 0.2) is 0 Å². The third kappa shape index (κ3) is 10.2. The highest BCUT2D eigenvalue weighted by atomic mass is 16.3. The fraction of sp³-hybridized carbons (Fsp3) is 0.818. The Hall–Kier alpha value is -0.640. The number of aliphatic hydroxyl groups is 3. The molecule has 0 heterocycles. The van der Waals surface area contributed by atoms with Crippen molar-refractivity contribution in [3.63, 3.8) is 0 Å². The van der Waals surface area contributed by atoms with Gasteiger partial charge in [0.2, 0.25) is 0 Å². The second kappa shape index (κ2) is 14.5. The summed E-state index contributed by atoms with van der Waals surface area (Å²) in [6.45, 7) is 2.44. The Labute approximate surface area is 154 Å². The van der Waals surface area contributed by atoms with E-state index in [1.807, 2.05) is 18.2 Å². The van der Waals surface area contributed by atoms with Gasteiger partial charge in [0, 0.05) is 6.61 Å². The lowest BCUT2D eigenvalue weighted by atomic mass is 9.69. The van der Waals surface area contributed by atoms with Crippen LogP contribution >= 0.6 is 0 Å². The maximum atomic E-state index is 10.2. The molecular formula is C22H40O3. The summed E-state index contributed by atoms with van der Waals surface area (Å²) in [4.78, 5) is 0. The fourth-order valence-corrected chi connectivity index (χ4v) is 3.58. The van der Waals surface area contributed by atoms with Crippen molar-refractivity contribution in [2.75, 3.05) is 6.61 Å². The smallest absolute Gasteiger partial charge is 0.0723 e. The number of unbranched alkanes of at least 4 members (excludes halogenated alkanes) is 6. The molecule has 0 bridgehead atoms. The summed E-state index contributed by atoms with van der Waals surface area (Å²) in [5, 5.41) is 29.0. The number of hydrogen-bond acceptors (Lipinski definition) is 3. The number of allylic oxidation sites excluding steroid dienone is 3. The van der Waals surface area contributed by atoms with Gasteiger partial charge in [-0.15, -0.1) is 0 Å². The van der Waals surface area contributed by atoms with Crippen molar-refractivity contribution >= 4 is 0 Å². The molecule has 0 aromatic rings. The van der Waals surface area contributed by atoms with Crippen LogP contribution in [0.15, 0.2) is 24.3 Å². The van der Waals surface area contributed by atoms with Crippen LogP contribution in [0.1, 0.15) is 84.0 Å². The third-order valence-corrected chi connectivity index (χ3v) is 5.44. The normalized spacial score (nSPS) is 23.2. The van der Waals surface area contributed by atoms with Crippen LogP contribution in [0.4, 0.5) is 0 Å². The van der Waals surface area contributed by atoms with E-state index in [1.165, 1.54) is 32.1 Å². The van der Waals surface area contributed by atoms with Crippen molar-refractivity contribution in [1.82, 2.24) is 0 Å². The molecule has 4 unspecified atom stereocenters. The van der Waals surface area contributed by atoms with Gasteiger partial charge in [0.1, 0.15) is 0 Å². The summed E-state index contributed by atoms with van der Waals surface area (Å²) in [6, 6.07) is 0. The Bertz CT molecular complexity index is 364. The topological polar surface area (TPSA) is 60.7 Å². The van der Waals surface area contributed by atoms with Crippen molar-refractivity contribution in [3.05, 3.63) is 24.3 Å². The minimum atomic E-state index is -0.336. The van der Waals surface area contributed by atoms with E-state index in [1.54, 1.807) is 0 Å². The van der Waals surface area contributed by atoms with E-state index >= 15 is 0 Å². The van der Waals surface area contributed by atoms with E-state index < -0.39 is 0 Å². The van der Waals surface area contributed by atoms with Crippen molar-refractivity contribution in [2.24, 2.45) is 11.8 Å². The van der Waals surface area contributed by atoms with Gasteiger partial charge >= 0.3 is 0 Å². The standard InChI is InChI=1S/C22H40O3/c1-2-3-4-5-6-7-13-20(24)14-9-8-12-19-16-17-21(19)22(25)15-10-11-18-23/h8-9,12,14,19-25H,2-7,10-11,13,15-18H2,1H3. The Kier molecular flexibility index (Phi) is 13.0. The molecule has 1 aliphatic rings. The number of rotatable bonds is 15. The Morgan fingerprint density at radius 2 is 1.60 bits per heavy atom. The maximum absolute atomic E-state index is 10.2. The van der Waals surface area contributed by atoms with Crippen LogP contribution in [-0.2, 0) is 0 Å². The molecule has 3 N–H and O–H groups in total. The Balaban J connectivity index is 2.13. The zero-order valence-corrected chi connectivity index (χ0v) is 16.2. The first kappa shape index (κ1) is 22.4. The van der Waals surface area contributed by atoms with Crippen LogP contribution in [0.3, 0.4) is 0 Å². The van der Waals surface area contributed by atoms with Gasteiger partial charge in [-0.25, -0.2) is 0 Å². The van der Waals surface area contributed by atoms with Crippen molar-refractivity contribution < 1.29 is 15.3 Å². The first-order chi connectivity index (χ1) is 12.2. The molecule has 4 atom stereocenters. The zero-order valence-electron chi connectivity index (χ0n) is 16.2. The van der Waals surface area contributed by atoms with Crippen molar-refractivity contribution in [2.45, 2.75) is 96.2 Å². The molecular weight excluding hydrogens is 312 g/mol. The van der Waals surface area contributed by atoms with Crippen molar-refractivity contribution in [3.8, 4) is 0 Å². The van der Waals surface area contributed by atoms with Gasteiger partial charge in [-0.1, -0.05) is 69.8 Å². The molecule has 3 heteroatoms. The summed E-state index contributed by atoms with van der Waals surface area (Å²) >= 11 is 0. The van der Waals surface area contributed by atoms with Crippen LogP contribution in [0.5, 0.6) is 0 Å². The van der Waals surface area contributed by atoms with Gasteiger partial charge in [-0.05, 0) is 50.4 Å². The summed E-state index contributed by atoms with van der Waals surface area (Å²) < 4.78 is 0. The number of aliphatic hydroxyl groups excluding tert-OH is 3. The van der Waals surface area contributed by atoms with Gasteiger partial charge in [-0.2, -0.15) is 0 Å². The average molecular weight is 353 g/mol. The molecule has 0 saturated heterocycles. The summed E-state index contributed by atoms with van der Waals surface area (Å²) in [6.07, 6.45) is 20.6. The van der Waals surface area contributed by atoms with Crippen LogP contribution < -0.4 is 0 Å². The molecule has 0 aromatic carbocycles. The van der Waals surface area contributed by atoms with E-state index in [-0.39, 0.29) is 18.8 Å². The largest absolute Gasteiger partial charge is 0.396 e. The molecule has 1 aliphatic carbocycles. The average Bonchev–Trinajstić information content (AvgIpc) is 2.57. The quantitative estimate of drug-likeness (QED) is 0.294. The maximum Gasteiger partial charge on any atom is 0.0723 e. The summed E-state index contributed by atoms with van der Waals surface area (Å²) in [7, 11) is 0. The Morgan fingerprint density at radius 1 is 0.880 bits per heavy atom. The molecule has 1 fully saturated rings. The highest BCUT2D eigenvalue weighted by Crippen LogP contribution is 2.39. The molecule has 0 radical (unpaired) electrons. The highest BCUT2D eigenvalue weighted by Gasteiger charge is 2.33. The molecule has 0 spiro atoms. The van der Waals surface area contributed by atoms with Gasteiger partial charge in [0.05, 0.1) is 12.2 Å². The lowest BCUT2D eigenvalue weighted by molar-refractivity contribution is 0.0241. The third-order valence-electron chi connectivity index (χ3n) is 5.44. The lowest BCUT2D eigenvalue weighted by Crippen LogP contribution is -2.34. The molecule has 1 rings (SSSR count). The molecule has 0 aliphatic heterocycles. The SMILES string of the molecule is CCCCCCCCC(O)C=CC=CC1CCC1C(O)CCCCO. The van der Waals surface area contributed by atoms with Crippen LogP contribution in [0.25, 0.3) is 0 Å². The molecule has 0 amide bonds. The Morgan fingerprint density at radius 3 is 2.28 bits per heavy atom. The molecule has 146 valence electrons. The molecule has 25 heavy (non-hydrogen) atoms. The monoisotopic (exact) mass is 352 g/mol. The number of hydrogen-bond donors (Lipinski definition) is 3. The van der Waals surface area contributed by atoms with Gasteiger partial charge in [0.25, 0.3) is 0 Å². The predicted octanol–water partition coefficient (Wildman–Crippen LogP) is 4.76. The van der Waals surface area contributed by atoms with Gasteiger partial charge in [-0.3, -0.25) is 0 Å². The fourth-order valence-electron chi connectivity index (χ4n) is 3.58. The van der Waals surface area contributed by atoms with Crippen LogP contribution in [0, 0.1) is 11.8 Å². The lowest BCUT2D eigenvalue weighted by Gasteiger charge is -2.38. The van der Waals surface area contributed by atoms with Gasteiger partial charge < -0.3 is 15.3 Å². The highest BCUT2D eigenvalue weighted by molar-refractivity contribution is 5.09. The first-order valence-corrected chi connectivity index (χ1v) is 10.5. The van der Waals surface area contributed by atoms with E-state index in [4.69, 9.17) is 5.11 Å². The zero-order chi connectivity index (χ0) is 18.3. The second-order valence-corrected chi connectivity index (χ2v) is 7.59. The van der Waals surface area contributed by atoms with E-state index in [0.29, 0.717) is 11.8 Å². The predicted molar refractivity (Wildman–Crippen MR) is 105 cm³/mol. The van der Waals surface area contributed by atoms with Crippen molar-refractivity contribution in [1.29, 1.82) is 0 Å². The summed E-state index contributed by atoms with van der Waals surface area (Å²) in [5.74, 6) is 0.834. The van der Waals surface area contributed by atoms with E-state index in [2.05, 4.69) is 13.0 Å². The van der Waals surface area contributed by atoms with E-state index in [9.17, 15) is 10.2 Å². The van der Waals surface area contributed by atoms with Crippen LogP contribution in [0.2, 0.25) is 0 Å². The molecule has 1 saturated carbocycles. The first-order valence-electron chi connectivity index (χ1n) is 10.5. The second-order valence-electron chi connectivity index (χ2n) is 7.59. The summed E-state index contributed by atoms with van der Waals surface area (Å²) in [5.41, 5.74) is 0.